The fourth-order valence-corrected chi connectivity index (χ4v) is 2.07. The third-order valence-corrected chi connectivity index (χ3v) is 3.10. The maximum absolute atomic E-state index is 12.6. The molecule has 0 aromatic carbocycles. The summed E-state index contributed by atoms with van der Waals surface area (Å²) in [6.07, 6.45) is -3.18. The van der Waals surface area contributed by atoms with Crippen LogP contribution in [0.2, 0.25) is 0 Å². The van der Waals surface area contributed by atoms with Gasteiger partial charge in [-0.05, 0) is 38.5 Å². The summed E-state index contributed by atoms with van der Waals surface area (Å²) in [7, 11) is 0. The Hall–Kier alpha value is -0.290. The van der Waals surface area contributed by atoms with Gasteiger partial charge in [0.1, 0.15) is 0 Å². The lowest BCUT2D eigenvalue weighted by Gasteiger charge is -2.32. The van der Waals surface area contributed by atoms with Crippen LogP contribution < -0.4 is 5.73 Å². The molecule has 0 spiro atoms. The van der Waals surface area contributed by atoms with Crippen LogP contribution in [0.15, 0.2) is 0 Å². The van der Waals surface area contributed by atoms with Gasteiger partial charge in [0, 0.05) is 6.04 Å². The zero-order valence-corrected chi connectivity index (χ0v) is 9.76. The number of hydrogen-bond donors (Lipinski definition) is 1. The normalized spacial score (nSPS) is 31.1. The predicted octanol–water partition coefficient (Wildman–Crippen LogP) is 2.86. The highest BCUT2D eigenvalue weighted by Crippen LogP contribution is 2.31. The van der Waals surface area contributed by atoms with Crippen molar-refractivity contribution in [3.8, 4) is 0 Å². The third-order valence-electron chi connectivity index (χ3n) is 3.10. The minimum atomic E-state index is -4.36. The number of alkyl halides is 3. The van der Waals surface area contributed by atoms with E-state index in [4.69, 9.17) is 10.5 Å². The van der Waals surface area contributed by atoms with Crippen LogP contribution >= 0.6 is 0 Å². The van der Waals surface area contributed by atoms with E-state index < -0.39 is 18.3 Å². The Morgan fingerprint density at radius 1 is 1.19 bits per heavy atom. The fraction of sp³-hybridized carbons (Fsp3) is 1.00. The summed E-state index contributed by atoms with van der Waals surface area (Å²) < 4.78 is 42.9. The molecule has 0 amide bonds. The van der Waals surface area contributed by atoms with E-state index >= 15 is 0 Å². The lowest BCUT2D eigenvalue weighted by molar-refractivity contribution is -0.240. The molecular weight excluding hydrogens is 219 g/mol. The number of ether oxygens (including phenoxy) is 1. The molecule has 96 valence electrons. The van der Waals surface area contributed by atoms with Crippen LogP contribution in [-0.4, -0.2) is 24.4 Å². The van der Waals surface area contributed by atoms with Crippen molar-refractivity contribution in [3.63, 3.8) is 0 Å². The minimum Gasteiger partial charge on any atom is -0.364 e. The Morgan fingerprint density at radius 2 is 1.69 bits per heavy atom. The average molecular weight is 239 g/mol. The van der Waals surface area contributed by atoms with Crippen LogP contribution in [0.1, 0.15) is 39.5 Å². The largest absolute Gasteiger partial charge is 0.416 e. The first-order valence-corrected chi connectivity index (χ1v) is 5.78. The molecule has 1 saturated carbocycles. The molecule has 1 rings (SSSR count). The SMILES string of the molecule is CC1CCC(OC(C(C)N)C(F)(F)F)CC1. The first kappa shape index (κ1) is 13.8. The molecule has 1 aliphatic rings. The van der Waals surface area contributed by atoms with Gasteiger partial charge in [-0.1, -0.05) is 6.92 Å². The molecule has 0 radical (unpaired) electrons. The van der Waals surface area contributed by atoms with E-state index in [9.17, 15) is 13.2 Å². The first-order chi connectivity index (χ1) is 7.30. The lowest BCUT2D eigenvalue weighted by Crippen LogP contribution is -2.47. The van der Waals surface area contributed by atoms with E-state index in [0.29, 0.717) is 18.8 Å². The molecule has 1 aliphatic carbocycles. The minimum absolute atomic E-state index is 0.283. The van der Waals surface area contributed by atoms with Crippen molar-refractivity contribution in [2.24, 2.45) is 11.7 Å². The highest BCUT2D eigenvalue weighted by atomic mass is 19.4. The van der Waals surface area contributed by atoms with Crippen LogP contribution in [0.25, 0.3) is 0 Å². The number of nitrogens with two attached hydrogens (primary N) is 1. The Kier molecular flexibility index (Phi) is 4.62. The Morgan fingerprint density at radius 3 is 2.06 bits per heavy atom. The molecule has 2 atom stereocenters. The van der Waals surface area contributed by atoms with E-state index in [1.807, 2.05) is 0 Å². The first-order valence-electron chi connectivity index (χ1n) is 5.78. The van der Waals surface area contributed by atoms with E-state index in [0.717, 1.165) is 12.8 Å². The summed E-state index contributed by atoms with van der Waals surface area (Å²) in [5, 5.41) is 0. The zero-order valence-electron chi connectivity index (χ0n) is 9.76. The van der Waals surface area contributed by atoms with E-state index in [-0.39, 0.29) is 6.10 Å². The fourth-order valence-electron chi connectivity index (χ4n) is 2.07. The topological polar surface area (TPSA) is 35.2 Å². The van der Waals surface area contributed by atoms with Gasteiger partial charge in [-0.25, -0.2) is 0 Å². The molecule has 5 heteroatoms. The van der Waals surface area contributed by atoms with Crippen LogP contribution in [-0.2, 0) is 4.74 Å². The van der Waals surface area contributed by atoms with Gasteiger partial charge in [-0.3, -0.25) is 0 Å². The molecule has 2 nitrogen and oxygen atoms in total. The maximum Gasteiger partial charge on any atom is 0.416 e. The van der Waals surface area contributed by atoms with E-state index in [1.165, 1.54) is 6.92 Å². The molecule has 0 aliphatic heterocycles. The number of halogens is 3. The quantitative estimate of drug-likeness (QED) is 0.822. The molecule has 2 N–H and O–H groups in total. The standard InChI is InChI=1S/C11H20F3NO/c1-7-3-5-9(6-4-7)16-10(8(2)15)11(12,13)14/h7-10H,3-6,15H2,1-2H3. The van der Waals surface area contributed by atoms with E-state index in [2.05, 4.69) is 6.92 Å². The Balaban J connectivity index is 2.49. The van der Waals surface area contributed by atoms with Crippen LogP contribution in [0.3, 0.4) is 0 Å². The van der Waals surface area contributed by atoms with Gasteiger partial charge in [0.25, 0.3) is 0 Å². The number of hydrogen-bond acceptors (Lipinski definition) is 2. The summed E-state index contributed by atoms with van der Waals surface area (Å²) >= 11 is 0. The monoisotopic (exact) mass is 239 g/mol. The molecule has 1 fully saturated rings. The molecule has 2 unspecified atom stereocenters. The summed E-state index contributed by atoms with van der Waals surface area (Å²) in [5.41, 5.74) is 5.32. The zero-order chi connectivity index (χ0) is 12.3. The average Bonchev–Trinajstić information content (AvgIpc) is 2.14. The molecule has 0 aromatic heterocycles. The van der Waals surface area contributed by atoms with Gasteiger partial charge in [0.15, 0.2) is 6.10 Å². The van der Waals surface area contributed by atoms with Crippen molar-refractivity contribution >= 4 is 0 Å². The van der Waals surface area contributed by atoms with Crippen molar-refractivity contribution in [3.05, 3.63) is 0 Å². The Bertz CT molecular complexity index is 210. The second-order valence-electron chi connectivity index (χ2n) is 4.84. The van der Waals surface area contributed by atoms with Gasteiger partial charge in [0.2, 0.25) is 0 Å². The molecule has 16 heavy (non-hydrogen) atoms. The van der Waals surface area contributed by atoms with Gasteiger partial charge in [0.05, 0.1) is 6.10 Å². The smallest absolute Gasteiger partial charge is 0.364 e. The predicted molar refractivity (Wildman–Crippen MR) is 56.0 cm³/mol. The van der Waals surface area contributed by atoms with E-state index in [1.54, 1.807) is 0 Å². The van der Waals surface area contributed by atoms with Crippen molar-refractivity contribution < 1.29 is 17.9 Å². The van der Waals surface area contributed by atoms with Crippen molar-refractivity contribution in [2.45, 2.75) is 64.0 Å². The second kappa shape index (κ2) is 5.36. The highest BCUT2D eigenvalue weighted by Gasteiger charge is 2.44. The molecule has 0 heterocycles. The highest BCUT2D eigenvalue weighted by molar-refractivity contribution is 4.80. The molecule has 0 saturated heterocycles. The molecule has 0 bridgehead atoms. The Labute approximate surface area is 94.3 Å². The van der Waals surface area contributed by atoms with Gasteiger partial charge in [-0.15, -0.1) is 0 Å². The maximum atomic E-state index is 12.6. The molecule has 0 aromatic rings. The van der Waals surface area contributed by atoms with Crippen molar-refractivity contribution in [1.29, 1.82) is 0 Å². The van der Waals surface area contributed by atoms with Crippen molar-refractivity contribution in [2.75, 3.05) is 0 Å². The lowest BCUT2D eigenvalue weighted by atomic mass is 9.89. The second-order valence-corrected chi connectivity index (χ2v) is 4.84. The summed E-state index contributed by atoms with van der Waals surface area (Å²) in [6.45, 7) is 3.45. The summed E-state index contributed by atoms with van der Waals surface area (Å²) in [5.74, 6) is 0.597. The summed E-state index contributed by atoms with van der Waals surface area (Å²) in [4.78, 5) is 0. The van der Waals surface area contributed by atoms with Gasteiger partial charge < -0.3 is 10.5 Å². The summed E-state index contributed by atoms with van der Waals surface area (Å²) in [6, 6.07) is -1.01. The molecular formula is C11H20F3NO. The number of rotatable bonds is 3. The van der Waals surface area contributed by atoms with Crippen LogP contribution in [0.5, 0.6) is 0 Å². The van der Waals surface area contributed by atoms with Gasteiger partial charge >= 0.3 is 6.18 Å². The van der Waals surface area contributed by atoms with Crippen LogP contribution in [0, 0.1) is 5.92 Å². The third kappa shape index (κ3) is 3.94. The van der Waals surface area contributed by atoms with Crippen LogP contribution in [0.4, 0.5) is 13.2 Å². The van der Waals surface area contributed by atoms with Crippen molar-refractivity contribution in [1.82, 2.24) is 0 Å². The van der Waals surface area contributed by atoms with Gasteiger partial charge in [-0.2, -0.15) is 13.2 Å².